The molecule has 110 valence electrons. The van der Waals surface area contributed by atoms with Gasteiger partial charge in [-0.15, -0.1) is 0 Å². The number of amides is 1. The number of carbonyl (C=O) groups excluding carboxylic acids is 1. The minimum atomic E-state index is -0.413. The maximum atomic E-state index is 11.8. The van der Waals surface area contributed by atoms with Crippen molar-refractivity contribution in [2.45, 2.75) is 58.1 Å². The van der Waals surface area contributed by atoms with Crippen molar-refractivity contribution < 1.29 is 9.53 Å². The maximum absolute atomic E-state index is 11.8. The molecule has 0 heterocycles. The highest BCUT2D eigenvalue weighted by atomic mass is 16.6. The van der Waals surface area contributed by atoms with E-state index in [1.807, 2.05) is 20.8 Å². The van der Waals surface area contributed by atoms with Crippen LogP contribution in [0.4, 0.5) is 4.79 Å². The van der Waals surface area contributed by atoms with Crippen LogP contribution in [0.2, 0.25) is 0 Å². The first kappa shape index (κ1) is 14.6. The average Bonchev–Trinajstić information content (AvgIpc) is 3.13. The monoisotopic (exact) mass is 268 g/mol. The lowest BCUT2D eigenvalue weighted by molar-refractivity contribution is 0.0299. The third kappa shape index (κ3) is 5.01. The molecule has 0 saturated heterocycles. The molecule has 0 aromatic heterocycles. The molecule has 0 radical (unpaired) electrons. The van der Waals surface area contributed by atoms with Gasteiger partial charge in [0, 0.05) is 26.2 Å². The van der Waals surface area contributed by atoms with Gasteiger partial charge in [-0.25, -0.2) is 4.79 Å². The molecule has 0 aromatic carbocycles. The lowest BCUT2D eigenvalue weighted by Crippen LogP contribution is -2.41. The molecule has 4 nitrogen and oxygen atoms in total. The molecule has 1 amide bonds. The number of ether oxygens (including phenoxy) is 1. The Morgan fingerprint density at radius 2 is 1.79 bits per heavy atom. The second kappa shape index (κ2) is 5.70. The third-order valence-corrected chi connectivity index (χ3v) is 3.79. The minimum absolute atomic E-state index is 0.233. The summed E-state index contributed by atoms with van der Waals surface area (Å²) in [5.74, 6) is 1.80. The second-order valence-corrected chi connectivity index (χ2v) is 7.06. The maximum Gasteiger partial charge on any atom is 0.410 e. The first-order chi connectivity index (χ1) is 8.87. The van der Waals surface area contributed by atoms with Crippen LogP contribution in [0.5, 0.6) is 0 Å². The van der Waals surface area contributed by atoms with Gasteiger partial charge < -0.3 is 15.0 Å². The molecule has 0 spiro atoms. The van der Waals surface area contributed by atoms with Crippen LogP contribution in [0.1, 0.15) is 46.5 Å². The van der Waals surface area contributed by atoms with Gasteiger partial charge in [0.1, 0.15) is 5.60 Å². The van der Waals surface area contributed by atoms with Crippen LogP contribution < -0.4 is 5.32 Å². The molecule has 2 aliphatic carbocycles. The Labute approximate surface area is 116 Å². The molecule has 19 heavy (non-hydrogen) atoms. The number of carbonyl (C=O) groups is 1. The Morgan fingerprint density at radius 3 is 2.21 bits per heavy atom. The summed E-state index contributed by atoms with van der Waals surface area (Å²) in [6.45, 7) is 7.27. The SMILES string of the molecule is CN(CCNC(C1CC1)C1CC1)C(=O)OC(C)(C)C. The minimum Gasteiger partial charge on any atom is -0.444 e. The largest absolute Gasteiger partial charge is 0.444 e. The summed E-state index contributed by atoms with van der Waals surface area (Å²) in [6.07, 6.45) is 5.31. The molecular formula is C15H28N2O2. The molecule has 0 bridgehead atoms. The van der Waals surface area contributed by atoms with Crippen LogP contribution >= 0.6 is 0 Å². The summed E-state index contributed by atoms with van der Waals surface area (Å²) in [5, 5.41) is 3.64. The zero-order valence-corrected chi connectivity index (χ0v) is 12.7. The van der Waals surface area contributed by atoms with Crippen molar-refractivity contribution in [3.8, 4) is 0 Å². The van der Waals surface area contributed by atoms with Crippen LogP contribution in [0.15, 0.2) is 0 Å². The first-order valence-electron chi connectivity index (χ1n) is 7.54. The third-order valence-electron chi connectivity index (χ3n) is 3.79. The van der Waals surface area contributed by atoms with E-state index < -0.39 is 5.60 Å². The highest BCUT2D eigenvalue weighted by Crippen LogP contribution is 2.44. The van der Waals surface area contributed by atoms with Crippen LogP contribution in [0, 0.1) is 11.8 Å². The quantitative estimate of drug-likeness (QED) is 0.805. The Bertz CT molecular complexity index is 305. The van der Waals surface area contributed by atoms with E-state index >= 15 is 0 Å². The molecule has 2 fully saturated rings. The first-order valence-corrected chi connectivity index (χ1v) is 7.54. The molecule has 2 rings (SSSR count). The van der Waals surface area contributed by atoms with E-state index in [2.05, 4.69) is 5.32 Å². The number of hydrogen-bond acceptors (Lipinski definition) is 3. The van der Waals surface area contributed by atoms with Crippen LogP contribution in [0.3, 0.4) is 0 Å². The van der Waals surface area contributed by atoms with E-state index in [0.717, 1.165) is 18.4 Å². The molecule has 2 saturated carbocycles. The molecule has 0 atom stereocenters. The molecule has 0 aliphatic heterocycles. The zero-order chi connectivity index (χ0) is 14.0. The highest BCUT2D eigenvalue weighted by Gasteiger charge is 2.40. The molecular weight excluding hydrogens is 240 g/mol. The Balaban J connectivity index is 1.65. The van der Waals surface area contributed by atoms with E-state index in [-0.39, 0.29) is 6.09 Å². The fraction of sp³-hybridized carbons (Fsp3) is 0.933. The molecule has 0 unspecified atom stereocenters. The molecule has 4 heteroatoms. The van der Waals surface area contributed by atoms with Crippen LogP contribution in [0.25, 0.3) is 0 Å². The predicted octanol–water partition coefficient (Wildman–Crippen LogP) is 2.63. The Hall–Kier alpha value is -0.770. The van der Waals surface area contributed by atoms with Crippen LogP contribution in [-0.2, 0) is 4.74 Å². The van der Waals surface area contributed by atoms with Crippen molar-refractivity contribution in [2.75, 3.05) is 20.1 Å². The topological polar surface area (TPSA) is 41.6 Å². The van der Waals surface area contributed by atoms with Crippen molar-refractivity contribution >= 4 is 6.09 Å². The number of likely N-dealkylation sites (N-methyl/N-ethyl adjacent to an activating group) is 1. The van der Waals surface area contributed by atoms with Crippen molar-refractivity contribution in [2.24, 2.45) is 11.8 Å². The van der Waals surface area contributed by atoms with Crippen molar-refractivity contribution in [1.29, 1.82) is 0 Å². The van der Waals surface area contributed by atoms with Gasteiger partial charge in [-0.1, -0.05) is 0 Å². The van der Waals surface area contributed by atoms with E-state index in [4.69, 9.17) is 4.74 Å². The Kier molecular flexibility index (Phi) is 4.39. The van der Waals surface area contributed by atoms with Crippen molar-refractivity contribution in [3.63, 3.8) is 0 Å². The molecule has 2 aliphatic rings. The fourth-order valence-corrected chi connectivity index (χ4v) is 2.46. The van der Waals surface area contributed by atoms with Gasteiger partial charge >= 0.3 is 6.09 Å². The van der Waals surface area contributed by atoms with E-state index in [1.54, 1.807) is 11.9 Å². The number of nitrogens with zero attached hydrogens (tertiary/aromatic N) is 1. The summed E-state index contributed by atoms with van der Waals surface area (Å²) in [5.41, 5.74) is -0.413. The van der Waals surface area contributed by atoms with Gasteiger partial charge in [0.2, 0.25) is 0 Å². The normalized spacial score (nSPS) is 19.6. The summed E-state index contributed by atoms with van der Waals surface area (Å²) in [4.78, 5) is 13.5. The average molecular weight is 268 g/mol. The van der Waals surface area contributed by atoms with E-state index in [9.17, 15) is 4.79 Å². The van der Waals surface area contributed by atoms with Gasteiger partial charge in [0.05, 0.1) is 0 Å². The van der Waals surface area contributed by atoms with Crippen LogP contribution in [-0.4, -0.2) is 42.8 Å². The van der Waals surface area contributed by atoms with Gasteiger partial charge in [-0.05, 0) is 58.3 Å². The molecule has 1 N–H and O–H groups in total. The van der Waals surface area contributed by atoms with Gasteiger partial charge in [0.25, 0.3) is 0 Å². The smallest absolute Gasteiger partial charge is 0.410 e. The summed E-state index contributed by atoms with van der Waals surface area (Å²) < 4.78 is 5.34. The predicted molar refractivity (Wildman–Crippen MR) is 76.1 cm³/mol. The summed E-state index contributed by atoms with van der Waals surface area (Å²) in [7, 11) is 1.80. The summed E-state index contributed by atoms with van der Waals surface area (Å²) >= 11 is 0. The van der Waals surface area contributed by atoms with Crippen molar-refractivity contribution in [1.82, 2.24) is 10.2 Å². The summed E-state index contributed by atoms with van der Waals surface area (Å²) in [6, 6.07) is 0.701. The number of hydrogen-bond donors (Lipinski definition) is 1. The number of nitrogens with one attached hydrogen (secondary N) is 1. The highest BCUT2D eigenvalue weighted by molar-refractivity contribution is 5.67. The zero-order valence-electron chi connectivity index (χ0n) is 12.7. The van der Waals surface area contributed by atoms with E-state index in [1.165, 1.54) is 25.7 Å². The fourth-order valence-electron chi connectivity index (χ4n) is 2.46. The second-order valence-electron chi connectivity index (χ2n) is 7.06. The molecule has 0 aromatic rings. The lowest BCUT2D eigenvalue weighted by atomic mass is 10.1. The Morgan fingerprint density at radius 1 is 1.26 bits per heavy atom. The van der Waals surface area contributed by atoms with Gasteiger partial charge in [-0.2, -0.15) is 0 Å². The number of rotatable bonds is 6. The lowest BCUT2D eigenvalue weighted by Gasteiger charge is -2.25. The van der Waals surface area contributed by atoms with Gasteiger partial charge in [-0.3, -0.25) is 0 Å². The van der Waals surface area contributed by atoms with E-state index in [0.29, 0.717) is 12.6 Å². The van der Waals surface area contributed by atoms with Gasteiger partial charge in [0.15, 0.2) is 0 Å². The standard InChI is InChI=1S/C15H28N2O2/c1-15(2,3)19-14(18)17(4)10-9-16-13(11-5-6-11)12-7-8-12/h11-13,16H,5-10H2,1-4H3. The van der Waals surface area contributed by atoms with Crippen molar-refractivity contribution in [3.05, 3.63) is 0 Å².